The summed E-state index contributed by atoms with van der Waals surface area (Å²) in [7, 11) is 2.17. The predicted octanol–water partition coefficient (Wildman–Crippen LogP) is 3.23. The van der Waals surface area contributed by atoms with Crippen molar-refractivity contribution in [3.63, 3.8) is 0 Å². The third-order valence-electron chi connectivity index (χ3n) is 6.20. The number of nitrogens with one attached hydrogen (secondary N) is 2. The standard InChI is InChI=1S/C25H30N8O/c1-18-7-8-19(34)15-21(18)28-24-16-23(26-9-10-32-13-11-31(2)12-14-32)29-25(30-24)33-17-27-20-5-3-4-6-22(20)33/h3-8,15-17,34H,9-14H2,1-2H3,(H2,26,28,29,30). The molecule has 0 spiro atoms. The molecule has 34 heavy (non-hydrogen) atoms. The molecule has 176 valence electrons. The van der Waals surface area contributed by atoms with Gasteiger partial charge in [-0.2, -0.15) is 9.97 Å². The summed E-state index contributed by atoms with van der Waals surface area (Å²) in [5, 5.41) is 16.8. The molecule has 0 atom stereocenters. The number of phenolic OH excluding ortho intramolecular Hbond substituents is 1. The molecule has 0 aliphatic carbocycles. The van der Waals surface area contributed by atoms with Crippen LogP contribution in [-0.4, -0.2) is 80.7 Å². The number of likely N-dealkylation sites (N-methyl/N-ethyl adjacent to an activating group) is 1. The van der Waals surface area contributed by atoms with Crippen LogP contribution >= 0.6 is 0 Å². The number of aryl methyl sites for hydroxylation is 1. The largest absolute Gasteiger partial charge is 0.508 e. The van der Waals surface area contributed by atoms with E-state index in [4.69, 9.17) is 9.97 Å². The average molecular weight is 459 g/mol. The fraction of sp³-hybridized carbons (Fsp3) is 0.320. The first-order valence-electron chi connectivity index (χ1n) is 11.6. The van der Waals surface area contributed by atoms with Gasteiger partial charge in [0.15, 0.2) is 0 Å². The van der Waals surface area contributed by atoms with Crippen molar-refractivity contribution in [3.8, 4) is 11.7 Å². The Kier molecular flexibility index (Phi) is 6.29. The Labute approximate surface area is 199 Å². The molecule has 0 unspecified atom stereocenters. The summed E-state index contributed by atoms with van der Waals surface area (Å²) >= 11 is 0. The Balaban J connectivity index is 1.42. The molecule has 9 nitrogen and oxygen atoms in total. The zero-order valence-corrected chi connectivity index (χ0v) is 19.6. The van der Waals surface area contributed by atoms with E-state index in [0.717, 1.165) is 67.4 Å². The van der Waals surface area contributed by atoms with Crippen LogP contribution in [0.15, 0.2) is 54.9 Å². The number of aromatic nitrogens is 4. The molecule has 1 saturated heterocycles. The van der Waals surface area contributed by atoms with E-state index in [2.05, 4.69) is 32.5 Å². The molecule has 0 bridgehead atoms. The lowest BCUT2D eigenvalue weighted by Gasteiger charge is -2.32. The number of fused-ring (bicyclic) bond motifs is 1. The first kappa shape index (κ1) is 22.1. The van der Waals surface area contributed by atoms with Crippen LogP contribution in [0.5, 0.6) is 5.75 Å². The number of benzene rings is 2. The summed E-state index contributed by atoms with van der Waals surface area (Å²) in [6.45, 7) is 8.09. The Morgan fingerprint density at radius 3 is 2.62 bits per heavy atom. The minimum Gasteiger partial charge on any atom is -0.508 e. The molecule has 2 aromatic carbocycles. The third kappa shape index (κ3) is 4.95. The molecule has 3 N–H and O–H groups in total. The SMILES string of the molecule is Cc1ccc(O)cc1Nc1cc(NCCN2CCN(C)CC2)nc(-n2cnc3ccccc32)n1. The topological polar surface area (TPSA) is 94.4 Å². The number of piperazine rings is 1. The van der Waals surface area contributed by atoms with Crippen LogP contribution in [0, 0.1) is 6.92 Å². The maximum Gasteiger partial charge on any atom is 0.239 e. The average Bonchev–Trinajstić information content (AvgIpc) is 3.27. The molecule has 3 heterocycles. The Bertz CT molecular complexity index is 1280. The maximum atomic E-state index is 9.94. The van der Waals surface area contributed by atoms with Crippen molar-refractivity contribution in [2.24, 2.45) is 0 Å². The molecule has 2 aromatic heterocycles. The molecule has 1 aliphatic rings. The number of para-hydroxylation sites is 2. The molecule has 1 fully saturated rings. The lowest BCUT2D eigenvalue weighted by Crippen LogP contribution is -2.45. The van der Waals surface area contributed by atoms with Crippen LogP contribution in [0.3, 0.4) is 0 Å². The zero-order chi connectivity index (χ0) is 23.5. The highest BCUT2D eigenvalue weighted by Crippen LogP contribution is 2.26. The second-order valence-electron chi connectivity index (χ2n) is 8.74. The molecular formula is C25H30N8O. The van der Waals surface area contributed by atoms with Gasteiger partial charge in [-0.25, -0.2) is 4.98 Å². The predicted molar refractivity (Wildman–Crippen MR) is 135 cm³/mol. The number of rotatable bonds is 7. The molecule has 1 aliphatic heterocycles. The van der Waals surface area contributed by atoms with Crippen molar-refractivity contribution >= 4 is 28.4 Å². The molecule has 4 aromatic rings. The summed E-state index contributed by atoms with van der Waals surface area (Å²) in [6, 6.07) is 15.1. The van der Waals surface area contributed by atoms with Crippen molar-refractivity contribution in [1.29, 1.82) is 0 Å². The van der Waals surface area contributed by atoms with Gasteiger partial charge in [0.05, 0.1) is 11.0 Å². The van der Waals surface area contributed by atoms with Gasteiger partial charge in [0, 0.05) is 57.1 Å². The van der Waals surface area contributed by atoms with Crippen LogP contribution in [0.1, 0.15) is 5.56 Å². The number of anilines is 3. The highest BCUT2D eigenvalue weighted by atomic mass is 16.3. The van der Waals surface area contributed by atoms with Crippen LogP contribution in [0.25, 0.3) is 17.0 Å². The molecule has 9 heteroatoms. The van der Waals surface area contributed by atoms with Gasteiger partial charge in [0.2, 0.25) is 5.95 Å². The monoisotopic (exact) mass is 458 g/mol. The second kappa shape index (κ2) is 9.66. The van der Waals surface area contributed by atoms with Crippen LogP contribution in [-0.2, 0) is 0 Å². The first-order chi connectivity index (χ1) is 16.5. The van der Waals surface area contributed by atoms with Gasteiger partial charge in [-0.15, -0.1) is 0 Å². The van der Waals surface area contributed by atoms with Gasteiger partial charge in [0.25, 0.3) is 0 Å². The smallest absolute Gasteiger partial charge is 0.239 e. The molecule has 5 rings (SSSR count). The van der Waals surface area contributed by atoms with E-state index in [1.165, 1.54) is 0 Å². The Hall–Kier alpha value is -3.69. The Morgan fingerprint density at radius 2 is 1.76 bits per heavy atom. The number of imidazole rings is 1. The van der Waals surface area contributed by atoms with E-state index in [-0.39, 0.29) is 5.75 Å². The zero-order valence-electron chi connectivity index (χ0n) is 19.6. The minimum absolute atomic E-state index is 0.202. The summed E-state index contributed by atoms with van der Waals surface area (Å²) in [5.74, 6) is 2.10. The van der Waals surface area contributed by atoms with E-state index < -0.39 is 0 Å². The molecule has 0 amide bonds. The summed E-state index contributed by atoms with van der Waals surface area (Å²) < 4.78 is 1.89. The highest BCUT2D eigenvalue weighted by Gasteiger charge is 2.14. The van der Waals surface area contributed by atoms with Crippen LogP contribution in [0.4, 0.5) is 17.3 Å². The molecule has 0 radical (unpaired) electrons. The van der Waals surface area contributed by atoms with Crippen molar-refractivity contribution < 1.29 is 5.11 Å². The van der Waals surface area contributed by atoms with Gasteiger partial charge in [-0.05, 0) is 37.7 Å². The number of hydrogen-bond acceptors (Lipinski definition) is 8. The third-order valence-corrected chi connectivity index (χ3v) is 6.20. The van der Waals surface area contributed by atoms with E-state index in [9.17, 15) is 5.11 Å². The van der Waals surface area contributed by atoms with Gasteiger partial charge >= 0.3 is 0 Å². The van der Waals surface area contributed by atoms with Gasteiger partial charge in [-0.3, -0.25) is 9.47 Å². The summed E-state index contributed by atoms with van der Waals surface area (Å²) in [6.07, 6.45) is 1.75. The van der Waals surface area contributed by atoms with Crippen molar-refractivity contribution in [1.82, 2.24) is 29.3 Å². The fourth-order valence-electron chi connectivity index (χ4n) is 4.11. The minimum atomic E-state index is 0.202. The summed E-state index contributed by atoms with van der Waals surface area (Å²) in [5.41, 5.74) is 3.63. The molecule has 0 saturated carbocycles. The van der Waals surface area contributed by atoms with Gasteiger partial charge < -0.3 is 20.6 Å². The van der Waals surface area contributed by atoms with Crippen molar-refractivity contribution in [2.45, 2.75) is 6.92 Å². The van der Waals surface area contributed by atoms with E-state index in [1.54, 1.807) is 18.5 Å². The number of nitrogens with zero attached hydrogens (tertiary/aromatic N) is 6. The number of phenols is 1. The van der Waals surface area contributed by atoms with Crippen LogP contribution < -0.4 is 10.6 Å². The van der Waals surface area contributed by atoms with Gasteiger partial charge in [-0.1, -0.05) is 18.2 Å². The highest BCUT2D eigenvalue weighted by molar-refractivity contribution is 5.76. The molecular weight excluding hydrogens is 428 g/mol. The van der Waals surface area contributed by atoms with Crippen molar-refractivity contribution in [2.75, 3.05) is 56.9 Å². The van der Waals surface area contributed by atoms with E-state index >= 15 is 0 Å². The fourth-order valence-corrected chi connectivity index (χ4v) is 4.11. The maximum absolute atomic E-state index is 9.94. The lowest BCUT2D eigenvalue weighted by molar-refractivity contribution is 0.158. The number of aromatic hydroxyl groups is 1. The quantitative estimate of drug-likeness (QED) is 0.389. The lowest BCUT2D eigenvalue weighted by atomic mass is 10.2. The first-order valence-corrected chi connectivity index (χ1v) is 11.6. The van der Waals surface area contributed by atoms with E-state index in [1.807, 2.05) is 47.9 Å². The Morgan fingerprint density at radius 1 is 0.971 bits per heavy atom. The van der Waals surface area contributed by atoms with Crippen molar-refractivity contribution in [3.05, 3.63) is 60.4 Å². The summed E-state index contributed by atoms with van der Waals surface area (Å²) in [4.78, 5) is 18.9. The normalized spacial score (nSPS) is 15.0. The van der Waals surface area contributed by atoms with Gasteiger partial charge in [0.1, 0.15) is 23.7 Å². The number of hydrogen-bond donors (Lipinski definition) is 3. The van der Waals surface area contributed by atoms with E-state index in [0.29, 0.717) is 11.8 Å². The second-order valence-corrected chi connectivity index (χ2v) is 8.74. The van der Waals surface area contributed by atoms with Crippen LogP contribution in [0.2, 0.25) is 0 Å².